The number of hydrogen-bond donors (Lipinski definition) is 1. The van der Waals surface area contributed by atoms with E-state index in [9.17, 15) is 18.0 Å². The van der Waals surface area contributed by atoms with E-state index in [1.807, 2.05) is 0 Å². The lowest BCUT2D eigenvalue weighted by molar-refractivity contribution is -0.138. The van der Waals surface area contributed by atoms with Gasteiger partial charge in [-0.2, -0.15) is 13.2 Å². The number of ether oxygens (including phenoxy) is 1. The topological polar surface area (TPSA) is 65.2 Å². The van der Waals surface area contributed by atoms with E-state index >= 15 is 0 Å². The lowest BCUT2D eigenvalue weighted by Crippen LogP contribution is -2.10. The molecule has 0 amide bonds. The summed E-state index contributed by atoms with van der Waals surface area (Å²) in [6, 6.07) is 0.917. The minimum atomic E-state index is -4.46. The van der Waals surface area contributed by atoms with Crippen LogP contribution in [0.15, 0.2) is 18.3 Å². The van der Waals surface area contributed by atoms with Crippen LogP contribution in [-0.4, -0.2) is 18.1 Å². The molecule has 0 saturated heterocycles. The highest BCUT2D eigenvalue weighted by Crippen LogP contribution is 2.30. The minimum Gasteiger partial charge on any atom is -0.466 e. The zero-order valence-corrected chi connectivity index (χ0v) is 9.71. The number of methoxy groups -OCH3 is 1. The molecule has 0 atom stereocenters. The van der Waals surface area contributed by atoms with Gasteiger partial charge in [0.05, 0.1) is 24.1 Å². The van der Waals surface area contributed by atoms with E-state index in [1.54, 1.807) is 0 Å². The largest absolute Gasteiger partial charge is 0.466 e. The fraction of sp³-hybridized carbons (Fsp3) is 0.273. The Balaban J connectivity index is 3.14. The molecule has 98 valence electrons. The zero-order chi connectivity index (χ0) is 13.9. The molecule has 0 spiro atoms. The molecular weight excluding hydrogens is 249 g/mol. The number of hydrogen-bond acceptors (Lipinski definition) is 4. The van der Waals surface area contributed by atoms with E-state index in [4.69, 9.17) is 5.73 Å². The number of halogens is 3. The van der Waals surface area contributed by atoms with Gasteiger partial charge in [0.15, 0.2) is 0 Å². The molecule has 7 heteroatoms. The molecule has 1 rings (SSSR count). The van der Waals surface area contributed by atoms with Crippen LogP contribution in [0, 0.1) is 6.92 Å². The van der Waals surface area contributed by atoms with Gasteiger partial charge in [-0.1, -0.05) is 0 Å². The highest BCUT2D eigenvalue weighted by molar-refractivity contribution is 5.90. The molecule has 0 fully saturated rings. The minimum absolute atomic E-state index is 0.0481. The molecule has 1 aromatic rings. The summed E-state index contributed by atoms with van der Waals surface area (Å²) in [5.74, 6) is -0.700. The summed E-state index contributed by atoms with van der Waals surface area (Å²) < 4.78 is 41.6. The molecule has 0 aromatic carbocycles. The van der Waals surface area contributed by atoms with Gasteiger partial charge in [-0.15, -0.1) is 0 Å². The molecule has 18 heavy (non-hydrogen) atoms. The number of aromatic nitrogens is 1. The van der Waals surface area contributed by atoms with Crippen molar-refractivity contribution in [1.29, 1.82) is 0 Å². The van der Waals surface area contributed by atoms with E-state index in [2.05, 4.69) is 9.72 Å². The first-order valence-corrected chi connectivity index (χ1v) is 4.85. The van der Waals surface area contributed by atoms with Crippen molar-refractivity contribution in [3.8, 4) is 0 Å². The number of nitrogens with zero attached hydrogens (tertiary/aromatic N) is 1. The standard InChI is InChI=1S/C11H11F3N2O2/c1-6-3-7(11(12,13)14)5-16-10(6)8(15)4-9(17)18-2/h3-5H,15H2,1-2H3/b8-4-. The van der Waals surface area contributed by atoms with E-state index in [1.165, 1.54) is 14.0 Å². The van der Waals surface area contributed by atoms with Gasteiger partial charge in [-0.3, -0.25) is 4.98 Å². The van der Waals surface area contributed by atoms with E-state index in [0.717, 1.165) is 12.1 Å². The van der Waals surface area contributed by atoms with Crippen LogP contribution in [0.5, 0.6) is 0 Å². The smallest absolute Gasteiger partial charge is 0.417 e. The maximum Gasteiger partial charge on any atom is 0.417 e. The first-order valence-electron chi connectivity index (χ1n) is 4.85. The van der Waals surface area contributed by atoms with Crippen molar-refractivity contribution in [3.63, 3.8) is 0 Å². The third-order valence-corrected chi connectivity index (χ3v) is 2.15. The van der Waals surface area contributed by atoms with Gasteiger partial charge < -0.3 is 10.5 Å². The van der Waals surface area contributed by atoms with Crippen LogP contribution in [0.4, 0.5) is 13.2 Å². The van der Waals surface area contributed by atoms with Crippen molar-refractivity contribution in [2.75, 3.05) is 7.11 Å². The molecule has 4 nitrogen and oxygen atoms in total. The number of nitrogens with two attached hydrogens (primary N) is 1. The predicted octanol–water partition coefficient (Wildman–Crippen LogP) is 1.88. The fourth-order valence-corrected chi connectivity index (χ4v) is 1.29. The van der Waals surface area contributed by atoms with Crippen molar-refractivity contribution >= 4 is 11.7 Å². The zero-order valence-electron chi connectivity index (χ0n) is 9.71. The summed E-state index contributed by atoms with van der Waals surface area (Å²) in [4.78, 5) is 14.6. The second kappa shape index (κ2) is 5.07. The van der Waals surface area contributed by atoms with Crippen molar-refractivity contribution < 1.29 is 22.7 Å². The molecule has 0 radical (unpaired) electrons. The Labute approximate surface area is 101 Å². The van der Waals surface area contributed by atoms with E-state index in [-0.39, 0.29) is 17.0 Å². The second-order valence-electron chi connectivity index (χ2n) is 3.51. The maximum absolute atomic E-state index is 12.4. The van der Waals surface area contributed by atoms with Crippen LogP contribution in [-0.2, 0) is 15.7 Å². The Morgan fingerprint density at radius 3 is 2.56 bits per heavy atom. The van der Waals surface area contributed by atoms with Crippen LogP contribution in [0.25, 0.3) is 5.70 Å². The Morgan fingerprint density at radius 2 is 2.11 bits per heavy atom. The summed E-state index contributed by atoms with van der Waals surface area (Å²) in [5.41, 5.74) is 4.98. The van der Waals surface area contributed by atoms with Gasteiger partial charge in [0.2, 0.25) is 0 Å². The van der Waals surface area contributed by atoms with Crippen LogP contribution >= 0.6 is 0 Å². The second-order valence-corrected chi connectivity index (χ2v) is 3.51. The van der Waals surface area contributed by atoms with E-state index < -0.39 is 17.7 Å². The molecule has 0 aliphatic rings. The third kappa shape index (κ3) is 3.22. The third-order valence-electron chi connectivity index (χ3n) is 2.15. The highest BCUT2D eigenvalue weighted by atomic mass is 19.4. The maximum atomic E-state index is 12.4. The summed E-state index contributed by atoms with van der Waals surface area (Å²) in [6.07, 6.45) is -2.83. The first kappa shape index (κ1) is 14.0. The molecule has 1 heterocycles. The van der Waals surface area contributed by atoms with Crippen LogP contribution in [0.2, 0.25) is 0 Å². The molecule has 0 aliphatic carbocycles. The number of carbonyl (C=O) groups excluding carboxylic acids is 1. The van der Waals surface area contributed by atoms with Crippen molar-refractivity contribution in [2.45, 2.75) is 13.1 Å². The molecule has 0 aliphatic heterocycles. The molecule has 1 aromatic heterocycles. The Morgan fingerprint density at radius 1 is 1.50 bits per heavy atom. The fourth-order valence-electron chi connectivity index (χ4n) is 1.29. The highest BCUT2D eigenvalue weighted by Gasteiger charge is 2.31. The number of esters is 1. The van der Waals surface area contributed by atoms with Gasteiger partial charge in [0, 0.05) is 12.3 Å². The Kier molecular flexibility index (Phi) is 3.95. The van der Waals surface area contributed by atoms with Gasteiger partial charge in [0.1, 0.15) is 0 Å². The van der Waals surface area contributed by atoms with Gasteiger partial charge in [-0.25, -0.2) is 4.79 Å². The number of carbonyl (C=O) groups is 1. The van der Waals surface area contributed by atoms with Crippen molar-refractivity contribution in [1.82, 2.24) is 4.98 Å². The Bertz CT molecular complexity index is 496. The van der Waals surface area contributed by atoms with Crippen molar-refractivity contribution in [2.24, 2.45) is 5.73 Å². The van der Waals surface area contributed by atoms with Crippen molar-refractivity contribution in [3.05, 3.63) is 35.2 Å². The van der Waals surface area contributed by atoms with E-state index in [0.29, 0.717) is 6.20 Å². The summed E-state index contributed by atoms with van der Waals surface area (Å²) in [6.45, 7) is 1.43. The van der Waals surface area contributed by atoms with Gasteiger partial charge in [0.25, 0.3) is 0 Å². The van der Waals surface area contributed by atoms with Gasteiger partial charge in [-0.05, 0) is 18.6 Å². The normalized spacial score (nSPS) is 12.4. The SMILES string of the molecule is COC(=O)/C=C(\N)c1ncc(C(F)(F)F)cc1C. The first-order chi connectivity index (χ1) is 8.25. The Hall–Kier alpha value is -2.05. The lowest BCUT2D eigenvalue weighted by atomic mass is 10.1. The molecule has 0 saturated carbocycles. The number of aryl methyl sites for hydroxylation is 1. The molecule has 0 unspecified atom stereocenters. The monoisotopic (exact) mass is 260 g/mol. The molecule has 2 N–H and O–H groups in total. The van der Waals surface area contributed by atoms with Crippen LogP contribution < -0.4 is 5.73 Å². The van der Waals surface area contributed by atoms with Gasteiger partial charge >= 0.3 is 12.1 Å². The number of alkyl halides is 3. The molecule has 0 bridgehead atoms. The average Bonchev–Trinajstić information content (AvgIpc) is 2.27. The predicted molar refractivity (Wildman–Crippen MR) is 58.2 cm³/mol. The summed E-state index contributed by atoms with van der Waals surface area (Å²) in [5, 5.41) is 0. The van der Waals surface area contributed by atoms with Crippen LogP contribution in [0.3, 0.4) is 0 Å². The number of pyridine rings is 1. The lowest BCUT2D eigenvalue weighted by Gasteiger charge is -2.10. The summed E-state index contributed by atoms with van der Waals surface area (Å²) >= 11 is 0. The average molecular weight is 260 g/mol. The van der Waals surface area contributed by atoms with Crippen LogP contribution in [0.1, 0.15) is 16.8 Å². The molecular formula is C11H11F3N2O2. The number of rotatable bonds is 2. The summed E-state index contributed by atoms with van der Waals surface area (Å²) in [7, 11) is 1.17. The quantitative estimate of drug-likeness (QED) is 0.651.